The van der Waals surface area contributed by atoms with Gasteiger partial charge in [-0.05, 0) is 42.0 Å². The first-order valence-corrected chi connectivity index (χ1v) is 11.3. The number of carbonyl (C=O) groups is 1. The first-order valence-electron chi connectivity index (χ1n) is 11.3. The number of unbranched alkanes of at least 4 members (excludes halogenated alkanes) is 3. The van der Waals surface area contributed by atoms with Crippen molar-refractivity contribution in [2.75, 3.05) is 0 Å². The smallest absolute Gasteiger partial charge is 0.336 e. The number of nitrogens with one attached hydrogen (secondary N) is 1. The zero-order valence-corrected chi connectivity index (χ0v) is 18.5. The lowest BCUT2D eigenvalue weighted by Crippen LogP contribution is -2.19. The summed E-state index contributed by atoms with van der Waals surface area (Å²) in [5.41, 5.74) is 5.11. The molecule has 0 saturated heterocycles. The van der Waals surface area contributed by atoms with Crippen molar-refractivity contribution in [1.82, 2.24) is 9.55 Å². The minimum Gasteiger partial charge on any atom is -0.478 e. The topological polar surface area (TPSA) is 75.1 Å². The van der Waals surface area contributed by atoms with Crippen LogP contribution in [0, 0.1) is 0 Å². The van der Waals surface area contributed by atoms with Crippen LogP contribution in [0.5, 0.6) is 0 Å². The molecule has 0 atom stereocenters. The predicted molar refractivity (Wildman–Crippen MR) is 125 cm³/mol. The molecule has 0 amide bonds. The average molecular weight is 421 g/mol. The molecule has 2 aromatic carbocycles. The lowest BCUT2D eigenvalue weighted by atomic mass is 9.97. The minimum atomic E-state index is -0.927. The van der Waals surface area contributed by atoms with Crippen LogP contribution in [0.3, 0.4) is 0 Å². The third kappa shape index (κ3) is 5.54. The van der Waals surface area contributed by atoms with Crippen LogP contribution in [-0.4, -0.2) is 20.6 Å². The number of hydrogen-bond acceptors (Lipinski definition) is 2. The normalized spacial score (nSPS) is 11.0. The molecule has 2 N–H and O–H groups in total. The van der Waals surface area contributed by atoms with Crippen LogP contribution in [0.1, 0.15) is 73.3 Å². The molecular weight excluding hydrogens is 388 g/mol. The maximum Gasteiger partial charge on any atom is 0.336 e. The Labute approximate surface area is 183 Å². The van der Waals surface area contributed by atoms with Gasteiger partial charge >= 0.3 is 11.7 Å². The highest BCUT2D eigenvalue weighted by molar-refractivity contribution is 5.95. The summed E-state index contributed by atoms with van der Waals surface area (Å²) in [6.07, 6.45) is 6.93. The average Bonchev–Trinajstić information content (AvgIpc) is 3.07. The van der Waals surface area contributed by atoms with Gasteiger partial charge in [-0.15, -0.1) is 0 Å². The molecule has 0 radical (unpaired) electrons. The summed E-state index contributed by atoms with van der Waals surface area (Å²) in [5, 5.41) is 9.46. The molecule has 0 aliphatic carbocycles. The van der Waals surface area contributed by atoms with E-state index in [-0.39, 0.29) is 5.69 Å². The molecule has 5 heteroatoms. The summed E-state index contributed by atoms with van der Waals surface area (Å²) in [7, 11) is 0. The van der Waals surface area contributed by atoms with Gasteiger partial charge in [0.05, 0.1) is 5.56 Å². The molecule has 0 aliphatic rings. The number of aromatic carboxylic acids is 1. The zero-order chi connectivity index (χ0) is 22.2. The molecule has 164 valence electrons. The van der Waals surface area contributed by atoms with E-state index in [1.807, 2.05) is 41.0 Å². The Morgan fingerprint density at radius 3 is 2.35 bits per heavy atom. The Bertz CT molecular complexity index is 1060. The number of carboxylic acids is 1. The molecule has 3 rings (SSSR count). The van der Waals surface area contributed by atoms with Crippen molar-refractivity contribution in [3.8, 4) is 11.1 Å². The molecule has 0 fully saturated rings. The molecule has 0 bridgehead atoms. The third-order valence-electron chi connectivity index (χ3n) is 5.74. The molecule has 0 saturated carbocycles. The van der Waals surface area contributed by atoms with E-state index in [0.29, 0.717) is 17.5 Å². The maximum absolute atomic E-state index is 12.6. The zero-order valence-electron chi connectivity index (χ0n) is 18.5. The van der Waals surface area contributed by atoms with Crippen LogP contribution in [0.15, 0.2) is 53.3 Å². The standard InChI is InChI=1S/C26H32N2O3/c1-3-5-9-17-28-24(23(12-6-4-2)27-26(28)31)18-19-13-15-20(16-14-19)21-10-7-8-11-22(21)25(29)30/h7-8,10-11,13-16H,3-6,9,12,17-18H2,1-2H3,(H,27,31)(H,29,30). The Hall–Kier alpha value is -3.08. The minimum absolute atomic E-state index is 0.00999. The lowest BCUT2D eigenvalue weighted by molar-refractivity contribution is 0.0697. The van der Waals surface area contributed by atoms with Gasteiger partial charge in [0.15, 0.2) is 0 Å². The van der Waals surface area contributed by atoms with Crippen molar-refractivity contribution < 1.29 is 9.90 Å². The summed E-state index contributed by atoms with van der Waals surface area (Å²) >= 11 is 0. The van der Waals surface area contributed by atoms with Gasteiger partial charge < -0.3 is 10.1 Å². The second kappa shape index (κ2) is 10.8. The second-order valence-corrected chi connectivity index (χ2v) is 8.04. The molecule has 0 spiro atoms. The first-order chi connectivity index (χ1) is 15.0. The fourth-order valence-electron chi connectivity index (χ4n) is 3.99. The number of nitrogens with zero attached hydrogens (tertiary/aromatic N) is 1. The fraction of sp³-hybridized carbons (Fsp3) is 0.385. The fourth-order valence-corrected chi connectivity index (χ4v) is 3.99. The molecular formula is C26H32N2O3. The van der Waals surface area contributed by atoms with Crippen LogP contribution >= 0.6 is 0 Å². The number of benzene rings is 2. The Morgan fingerprint density at radius 1 is 0.968 bits per heavy atom. The monoisotopic (exact) mass is 420 g/mol. The van der Waals surface area contributed by atoms with Crippen LogP contribution in [0.2, 0.25) is 0 Å². The van der Waals surface area contributed by atoms with Crippen molar-refractivity contribution in [1.29, 1.82) is 0 Å². The number of aromatic nitrogens is 2. The molecule has 3 aromatic rings. The van der Waals surface area contributed by atoms with Crippen molar-refractivity contribution in [2.45, 2.75) is 65.3 Å². The van der Waals surface area contributed by atoms with Crippen molar-refractivity contribution in [2.24, 2.45) is 0 Å². The summed E-state index contributed by atoms with van der Waals surface area (Å²) in [6, 6.07) is 15.0. The van der Waals surface area contributed by atoms with Gasteiger partial charge in [0.1, 0.15) is 0 Å². The first kappa shape index (κ1) is 22.6. The van der Waals surface area contributed by atoms with E-state index in [1.165, 1.54) is 0 Å². The van der Waals surface area contributed by atoms with E-state index in [2.05, 4.69) is 18.8 Å². The highest BCUT2D eigenvalue weighted by Gasteiger charge is 2.15. The highest BCUT2D eigenvalue weighted by atomic mass is 16.4. The van der Waals surface area contributed by atoms with Crippen LogP contribution in [0.25, 0.3) is 11.1 Å². The number of aromatic amines is 1. The number of carboxylic acid groups (broad SMARTS) is 1. The van der Waals surface area contributed by atoms with Gasteiger partial charge in [0.2, 0.25) is 0 Å². The van der Waals surface area contributed by atoms with Gasteiger partial charge in [-0.2, -0.15) is 0 Å². The van der Waals surface area contributed by atoms with Crippen molar-refractivity contribution in [3.63, 3.8) is 0 Å². The lowest BCUT2D eigenvalue weighted by Gasteiger charge is -2.11. The number of aryl methyl sites for hydroxylation is 1. The second-order valence-electron chi connectivity index (χ2n) is 8.04. The van der Waals surface area contributed by atoms with E-state index in [9.17, 15) is 14.7 Å². The summed E-state index contributed by atoms with van der Waals surface area (Å²) in [4.78, 5) is 27.2. The van der Waals surface area contributed by atoms with E-state index < -0.39 is 5.97 Å². The molecule has 1 aromatic heterocycles. The van der Waals surface area contributed by atoms with Crippen molar-refractivity contribution in [3.05, 3.63) is 81.5 Å². The van der Waals surface area contributed by atoms with Crippen LogP contribution in [0.4, 0.5) is 0 Å². The third-order valence-corrected chi connectivity index (χ3v) is 5.74. The van der Waals surface area contributed by atoms with Gasteiger partial charge in [-0.3, -0.25) is 4.57 Å². The molecule has 5 nitrogen and oxygen atoms in total. The number of H-pyrrole nitrogens is 1. The summed E-state index contributed by atoms with van der Waals surface area (Å²) in [5.74, 6) is -0.927. The molecule has 31 heavy (non-hydrogen) atoms. The summed E-state index contributed by atoms with van der Waals surface area (Å²) < 4.78 is 1.91. The van der Waals surface area contributed by atoms with Gasteiger partial charge in [-0.25, -0.2) is 9.59 Å². The molecule has 0 aliphatic heterocycles. The Balaban J connectivity index is 1.88. The van der Waals surface area contributed by atoms with Gasteiger partial charge in [-0.1, -0.05) is 75.6 Å². The molecule has 0 unspecified atom stereocenters. The number of imidazole rings is 1. The summed E-state index contributed by atoms with van der Waals surface area (Å²) in [6.45, 7) is 5.07. The largest absolute Gasteiger partial charge is 0.478 e. The molecule has 1 heterocycles. The highest BCUT2D eigenvalue weighted by Crippen LogP contribution is 2.25. The number of rotatable bonds is 11. The van der Waals surface area contributed by atoms with Gasteiger partial charge in [0.25, 0.3) is 0 Å². The van der Waals surface area contributed by atoms with Gasteiger partial charge in [0, 0.05) is 24.4 Å². The maximum atomic E-state index is 12.6. The van der Waals surface area contributed by atoms with E-state index in [4.69, 9.17) is 0 Å². The van der Waals surface area contributed by atoms with E-state index >= 15 is 0 Å². The Kier molecular flexibility index (Phi) is 7.88. The van der Waals surface area contributed by atoms with Crippen LogP contribution in [-0.2, 0) is 19.4 Å². The van der Waals surface area contributed by atoms with Crippen molar-refractivity contribution >= 4 is 5.97 Å². The SMILES string of the molecule is CCCCCn1c(Cc2ccc(-c3ccccc3C(=O)O)cc2)c(CCCC)[nH]c1=O. The van der Waals surface area contributed by atoms with Crippen LogP contribution < -0.4 is 5.69 Å². The quantitative estimate of drug-likeness (QED) is 0.393. The number of hydrogen-bond donors (Lipinski definition) is 2. The Morgan fingerprint density at radius 2 is 1.68 bits per heavy atom. The van der Waals surface area contributed by atoms with E-state index in [1.54, 1.807) is 12.1 Å². The predicted octanol–water partition coefficient (Wildman–Crippen LogP) is 5.67. The van der Waals surface area contributed by atoms with E-state index in [0.717, 1.165) is 67.6 Å².